The number of rotatable bonds is 4. The van der Waals surface area contributed by atoms with Crippen LogP contribution >= 0.6 is 0 Å². The van der Waals surface area contributed by atoms with Gasteiger partial charge in [0.05, 0.1) is 6.20 Å². The average Bonchev–Trinajstić information content (AvgIpc) is 3.05. The Morgan fingerprint density at radius 2 is 2.20 bits per heavy atom. The van der Waals surface area contributed by atoms with Gasteiger partial charge in [-0.2, -0.15) is 10.4 Å². The number of fused-ring (bicyclic) bond motifs is 1. The lowest BCUT2D eigenvalue weighted by Gasteiger charge is -2.05. The van der Waals surface area contributed by atoms with E-state index in [1.807, 2.05) is 24.3 Å². The Kier molecular flexibility index (Phi) is 3.17. The molecule has 0 fully saturated rings. The molecule has 6 nitrogen and oxygen atoms in total. The van der Waals surface area contributed by atoms with E-state index in [0.717, 1.165) is 24.3 Å². The molecular weight excluding hydrogens is 256 g/mol. The minimum atomic E-state index is 0.291. The number of aryl methyl sites for hydroxylation is 2. The first-order valence-electron chi connectivity index (χ1n) is 6.38. The maximum atomic E-state index is 8.82. The third-order valence-electron chi connectivity index (χ3n) is 3.27. The second-order valence-electron chi connectivity index (χ2n) is 4.57. The molecule has 1 aliphatic rings. The predicted octanol–water partition coefficient (Wildman–Crippen LogP) is 1.70. The average molecular weight is 270 g/mol. The first-order chi connectivity index (χ1) is 9.78. The van der Waals surface area contributed by atoms with Gasteiger partial charge in [-0.05, 0) is 30.5 Å². The zero-order valence-electron chi connectivity index (χ0n) is 10.9. The van der Waals surface area contributed by atoms with E-state index in [1.165, 1.54) is 11.8 Å². The van der Waals surface area contributed by atoms with Gasteiger partial charge in [0.1, 0.15) is 17.5 Å². The molecule has 1 aromatic carbocycles. The van der Waals surface area contributed by atoms with Crippen molar-refractivity contribution in [3.63, 3.8) is 0 Å². The van der Waals surface area contributed by atoms with Crippen LogP contribution in [0.3, 0.4) is 0 Å². The van der Waals surface area contributed by atoms with Gasteiger partial charge in [-0.25, -0.2) is 4.68 Å². The van der Waals surface area contributed by atoms with Crippen LogP contribution in [-0.2, 0) is 13.0 Å². The molecular formula is C14H14N4O2. The normalized spacial score (nSPS) is 12.3. The molecule has 20 heavy (non-hydrogen) atoms. The highest BCUT2D eigenvalue weighted by atomic mass is 16.7. The fourth-order valence-corrected chi connectivity index (χ4v) is 2.19. The quantitative estimate of drug-likeness (QED) is 0.913. The molecule has 0 radical (unpaired) electrons. The van der Waals surface area contributed by atoms with Gasteiger partial charge in [0.25, 0.3) is 0 Å². The lowest BCUT2D eigenvalue weighted by Crippen LogP contribution is -2.06. The summed E-state index contributed by atoms with van der Waals surface area (Å²) in [7, 11) is 0. The highest BCUT2D eigenvalue weighted by Gasteiger charge is 2.13. The van der Waals surface area contributed by atoms with E-state index in [2.05, 4.69) is 5.10 Å². The third kappa shape index (κ3) is 2.26. The number of nitrogens with zero attached hydrogens (tertiary/aromatic N) is 3. The lowest BCUT2D eigenvalue weighted by atomic mass is 10.1. The van der Waals surface area contributed by atoms with Crippen molar-refractivity contribution < 1.29 is 9.47 Å². The summed E-state index contributed by atoms with van der Waals surface area (Å²) >= 11 is 0. The molecule has 0 saturated heterocycles. The van der Waals surface area contributed by atoms with E-state index in [0.29, 0.717) is 24.7 Å². The number of aromatic nitrogens is 2. The van der Waals surface area contributed by atoms with Crippen LogP contribution in [0.2, 0.25) is 0 Å². The van der Waals surface area contributed by atoms with Crippen molar-refractivity contribution in [1.82, 2.24) is 9.78 Å². The molecule has 3 rings (SSSR count). The second-order valence-corrected chi connectivity index (χ2v) is 4.57. The zero-order valence-corrected chi connectivity index (χ0v) is 10.9. The highest BCUT2D eigenvalue weighted by Crippen LogP contribution is 2.32. The molecule has 0 saturated carbocycles. The van der Waals surface area contributed by atoms with Crippen LogP contribution < -0.4 is 15.2 Å². The van der Waals surface area contributed by atoms with Crippen molar-refractivity contribution >= 4 is 5.82 Å². The topological polar surface area (TPSA) is 86.1 Å². The zero-order chi connectivity index (χ0) is 13.9. The Morgan fingerprint density at radius 3 is 3.00 bits per heavy atom. The summed E-state index contributed by atoms with van der Waals surface area (Å²) in [4.78, 5) is 0. The number of hydrogen-bond donors (Lipinski definition) is 1. The van der Waals surface area contributed by atoms with Crippen LogP contribution in [0.1, 0.15) is 17.5 Å². The first-order valence-corrected chi connectivity index (χ1v) is 6.38. The smallest absolute Gasteiger partial charge is 0.231 e. The monoisotopic (exact) mass is 270 g/mol. The number of anilines is 1. The summed E-state index contributed by atoms with van der Waals surface area (Å²) in [5, 5.41) is 12.9. The van der Waals surface area contributed by atoms with Gasteiger partial charge < -0.3 is 15.2 Å². The highest BCUT2D eigenvalue weighted by molar-refractivity contribution is 5.47. The minimum Gasteiger partial charge on any atom is -0.454 e. The van der Waals surface area contributed by atoms with Crippen LogP contribution in [0.25, 0.3) is 0 Å². The molecule has 0 atom stereocenters. The van der Waals surface area contributed by atoms with E-state index < -0.39 is 0 Å². The maximum Gasteiger partial charge on any atom is 0.231 e. The molecule has 0 spiro atoms. The molecule has 0 amide bonds. The summed E-state index contributed by atoms with van der Waals surface area (Å²) in [5.41, 5.74) is 7.41. The van der Waals surface area contributed by atoms with Crippen LogP contribution in [0.5, 0.6) is 11.5 Å². The molecule has 0 bridgehead atoms. The van der Waals surface area contributed by atoms with Crippen molar-refractivity contribution in [2.24, 2.45) is 0 Å². The van der Waals surface area contributed by atoms with Gasteiger partial charge in [0.15, 0.2) is 11.5 Å². The van der Waals surface area contributed by atoms with Gasteiger partial charge in [0, 0.05) is 6.54 Å². The first kappa shape index (κ1) is 12.4. The summed E-state index contributed by atoms with van der Waals surface area (Å²) < 4.78 is 12.3. The molecule has 1 aromatic heterocycles. The Hall–Kier alpha value is -2.68. The summed E-state index contributed by atoms with van der Waals surface area (Å²) in [6.45, 7) is 0.974. The Morgan fingerprint density at radius 1 is 1.35 bits per heavy atom. The standard InChI is InChI=1S/C14H14N4O2/c15-7-11-8-17-18(14(11)16)5-1-2-10-3-4-12-13(6-10)20-9-19-12/h3-4,6,8H,1-2,5,9,16H2. The summed E-state index contributed by atoms with van der Waals surface area (Å²) in [6, 6.07) is 7.96. The van der Waals surface area contributed by atoms with Gasteiger partial charge in [-0.1, -0.05) is 6.07 Å². The number of nitriles is 1. The molecule has 6 heteroatoms. The molecule has 2 heterocycles. The van der Waals surface area contributed by atoms with Crippen LogP contribution in [0, 0.1) is 11.3 Å². The third-order valence-corrected chi connectivity index (χ3v) is 3.27. The van der Waals surface area contributed by atoms with Crippen molar-refractivity contribution in [3.8, 4) is 17.6 Å². The minimum absolute atomic E-state index is 0.291. The SMILES string of the molecule is N#Cc1cnn(CCCc2ccc3c(c2)OCO3)c1N. The Bertz CT molecular complexity index is 672. The van der Waals surface area contributed by atoms with Crippen molar-refractivity contribution in [3.05, 3.63) is 35.5 Å². The van der Waals surface area contributed by atoms with E-state index in [-0.39, 0.29) is 0 Å². The Labute approximate surface area is 116 Å². The lowest BCUT2D eigenvalue weighted by molar-refractivity contribution is 0.174. The molecule has 2 N–H and O–H groups in total. The largest absolute Gasteiger partial charge is 0.454 e. The van der Waals surface area contributed by atoms with E-state index in [4.69, 9.17) is 20.5 Å². The fraction of sp³-hybridized carbons (Fsp3) is 0.286. The van der Waals surface area contributed by atoms with Gasteiger partial charge in [0.2, 0.25) is 6.79 Å². The van der Waals surface area contributed by atoms with Gasteiger partial charge >= 0.3 is 0 Å². The van der Waals surface area contributed by atoms with Crippen LogP contribution in [0.15, 0.2) is 24.4 Å². The molecule has 0 unspecified atom stereocenters. The number of ether oxygens (including phenoxy) is 2. The van der Waals surface area contributed by atoms with E-state index in [9.17, 15) is 0 Å². The number of nitrogen functional groups attached to an aromatic ring is 1. The molecule has 102 valence electrons. The van der Waals surface area contributed by atoms with Crippen LogP contribution in [0.4, 0.5) is 5.82 Å². The summed E-state index contributed by atoms with van der Waals surface area (Å²) in [5.74, 6) is 2.02. The van der Waals surface area contributed by atoms with Crippen molar-refractivity contribution in [2.75, 3.05) is 12.5 Å². The second kappa shape index (κ2) is 5.13. The molecule has 1 aliphatic heterocycles. The van der Waals surface area contributed by atoms with Gasteiger partial charge in [-0.3, -0.25) is 0 Å². The maximum absolute atomic E-state index is 8.82. The summed E-state index contributed by atoms with van der Waals surface area (Å²) in [6.07, 6.45) is 3.27. The predicted molar refractivity (Wildman–Crippen MR) is 72.2 cm³/mol. The van der Waals surface area contributed by atoms with E-state index in [1.54, 1.807) is 4.68 Å². The molecule has 0 aliphatic carbocycles. The van der Waals surface area contributed by atoms with Crippen LogP contribution in [-0.4, -0.2) is 16.6 Å². The van der Waals surface area contributed by atoms with Crippen molar-refractivity contribution in [2.45, 2.75) is 19.4 Å². The number of hydrogen-bond acceptors (Lipinski definition) is 5. The number of benzene rings is 1. The number of nitrogens with two attached hydrogens (primary N) is 1. The fourth-order valence-electron chi connectivity index (χ4n) is 2.19. The van der Waals surface area contributed by atoms with Crippen molar-refractivity contribution in [1.29, 1.82) is 5.26 Å². The van der Waals surface area contributed by atoms with Gasteiger partial charge in [-0.15, -0.1) is 0 Å². The Balaban J connectivity index is 1.60. The van der Waals surface area contributed by atoms with E-state index >= 15 is 0 Å². The molecule has 2 aromatic rings.